The molecule has 0 N–H and O–H groups in total. The Balaban J connectivity index is 4.34. The van der Waals surface area contributed by atoms with Crippen LogP contribution >= 0.6 is 0 Å². The van der Waals surface area contributed by atoms with Gasteiger partial charge in [-0.15, -0.1) is 0 Å². The minimum atomic E-state index is -0.777. The highest BCUT2D eigenvalue weighted by molar-refractivity contribution is 5.71. The van der Waals surface area contributed by atoms with Crippen molar-refractivity contribution in [1.82, 2.24) is 0 Å². The predicted molar refractivity (Wildman–Crippen MR) is 256 cm³/mol. The molecule has 60 heavy (non-hydrogen) atoms. The summed E-state index contributed by atoms with van der Waals surface area (Å²) in [5.74, 6) is -0.893. The second kappa shape index (κ2) is 49.0. The Hall–Kier alpha value is -2.63. The van der Waals surface area contributed by atoms with Gasteiger partial charge in [0.1, 0.15) is 13.2 Å². The van der Waals surface area contributed by atoms with Crippen LogP contribution in [-0.2, 0) is 28.6 Å². The number of unbranched alkanes of at least 4 members (excludes halogenated alkanes) is 27. The van der Waals surface area contributed by atoms with Gasteiger partial charge in [0.25, 0.3) is 0 Å². The maximum atomic E-state index is 12.8. The van der Waals surface area contributed by atoms with Gasteiger partial charge in [-0.05, 0) is 77.0 Å². The molecule has 1 atom stereocenters. The van der Waals surface area contributed by atoms with E-state index >= 15 is 0 Å². The summed E-state index contributed by atoms with van der Waals surface area (Å²) >= 11 is 0. The van der Waals surface area contributed by atoms with Crippen molar-refractivity contribution >= 4 is 17.9 Å². The van der Waals surface area contributed by atoms with Gasteiger partial charge in [0, 0.05) is 19.3 Å². The van der Waals surface area contributed by atoms with Crippen molar-refractivity contribution in [3.05, 3.63) is 48.6 Å². The molecule has 0 aromatic carbocycles. The average Bonchev–Trinajstić information content (AvgIpc) is 3.24. The molecule has 0 aliphatic heterocycles. The number of esters is 3. The molecule has 0 aromatic rings. The summed E-state index contributed by atoms with van der Waals surface area (Å²) in [5.41, 5.74) is 0. The van der Waals surface area contributed by atoms with E-state index in [-0.39, 0.29) is 31.1 Å². The van der Waals surface area contributed by atoms with Gasteiger partial charge >= 0.3 is 17.9 Å². The van der Waals surface area contributed by atoms with E-state index in [4.69, 9.17) is 14.2 Å². The van der Waals surface area contributed by atoms with Crippen LogP contribution < -0.4 is 0 Å². The standard InChI is InChI=1S/C54H96O6/c1-4-7-10-13-16-19-21-23-25-27-29-30-32-35-38-41-44-47-53(56)59-50-51(49-58-52(55)46-43-40-37-34-18-15-12-9-6-3)60-54(57)48-45-42-39-36-33-31-28-26-24-22-20-17-14-11-8-5-2/h7,10,16,19,23,25-26,28,51H,4-6,8-9,11-15,17-18,20-22,24,27,29-50H2,1-3H3/b10-7-,19-16-,25-23-,28-26-. The van der Waals surface area contributed by atoms with Crippen molar-refractivity contribution in [2.45, 2.75) is 264 Å². The van der Waals surface area contributed by atoms with Crippen molar-refractivity contribution in [3.63, 3.8) is 0 Å². The Morgan fingerprint density at radius 2 is 0.650 bits per heavy atom. The lowest BCUT2D eigenvalue weighted by atomic mass is 10.1. The molecule has 0 heterocycles. The van der Waals surface area contributed by atoms with Crippen molar-refractivity contribution in [2.75, 3.05) is 13.2 Å². The smallest absolute Gasteiger partial charge is 0.306 e. The zero-order valence-electron chi connectivity index (χ0n) is 39.7. The van der Waals surface area contributed by atoms with E-state index in [1.807, 2.05) is 0 Å². The minimum Gasteiger partial charge on any atom is -0.462 e. The molecule has 0 aliphatic carbocycles. The molecule has 6 heteroatoms. The Bertz CT molecular complexity index is 1060. The molecular weight excluding hydrogens is 745 g/mol. The number of rotatable bonds is 46. The van der Waals surface area contributed by atoms with E-state index in [9.17, 15) is 14.4 Å². The van der Waals surface area contributed by atoms with Crippen LogP contribution in [0.2, 0.25) is 0 Å². The van der Waals surface area contributed by atoms with Gasteiger partial charge < -0.3 is 14.2 Å². The zero-order chi connectivity index (χ0) is 43.7. The number of carbonyl (C=O) groups is 3. The topological polar surface area (TPSA) is 78.9 Å². The molecule has 0 amide bonds. The number of carbonyl (C=O) groups excluding carboxylic acids is 3. The largest absolute Gasteiger partial charge is 0.462 e. The van der Waals surface area contributed by atoms with Crippen LogP contribution in [0, 0.1) is 0 Å². The summed E-state index contributed by atoms with van der Waals surface area (Å²) in [7, 11) is 0. The lowest BCUT2D eigenvalue weighted by molar-refractivity contribution is -0.167. The zero-order valence-corrected chi connectivity index (χ0v) is 39.7. The number of allylic oxidation sites excluding steroid dienone is 8. The molecule has 0 aromatic heterocycles. The summed E-state index contributed by atoms with van der Waals surface area (Å²) in [6.07, 6.45) is 58.1. The Kier molecular flexibility index (Phi) is 46.9. The molecule has 6 nitrogen and oxygen atoms in total. The van der Waals surface area contributed by atoms with E-state index in [0.717, 1.165) is 89.9 Å². The lowest BCUT2D eigenvalue weighted by Crippen LogP contribution is -2.30. The molecule has 0 rings (SSSR count). The fourth-order valence-corrected chi connectivity index (χ4v) is 7.22. The van der Waals surface area contributed by atoms with Crippen molar-refractivity contribution < 1.29 is 28.6 Å². The highest BCUT2D eigenvalue weighted by Gasteiger charge is 2.19. The van der Waals surface area contributed by atoms with Gasteiger partial charge in [-0.3, -0.25) is 14.4 Å². The van der Waals surface area contributed by atoms with E-state index in [2.05, 4.69) is 69.4 Å². The van der Waals surface area contributed by atoms with Gasteiger partial charge in [-0.2, -0.15) is 0 Å². The van der Waals surface area contributed by atoms with Crippen LogP contribution in [0.3, 0.4) is 0 Å². The third-order valence-corrected chi connectivity index (χ3v) is 11.1. The fourth-order valence-electron chi connectivity index (χ4n) is 7.22. The van der Waals surface area contributed by atoms with Crippen LogP contribution in [0.5, 0.6) is 0 Å². The molecule has 348 valence electrons. The number of hydrogen-bond acceptors (Lipinski definition) is 6. The normalized spacial score (nSPS) is 12.4. The van der Waals surface area contributed by atoms with E-state index in [1.165, 1.54) is 128 Å². The first-order valence-electron chi connectivity index (χ1n) is 25.6. The Morgan fingerprint density at radius 3 is 1.03 bits per heavy atom. The van der Waals surface area contributed by atoms with Crippen LogP contribution in [0.1, 0.15) is 258 Å². The van der Waals surface area contributed by atoms with Crippen molar-refractivity contribution in [3.8, 4) is 0 Å². The first-order chi connectivity index (χ1) is 29.5. The maximum absolute atomic E-state index is 12.8. The summed E-state index contributed by atoms with van der Waals surface area (Å²) in [6.45, 7) is 6.50. The van der Waals surface area contributed by atoms with E-state index in [1.54, 1.807) is 0 Å². The second-order valence-corrected chi connectivity index (χ2v) is 17.1. The van der Waals surface area contributed by atoms with Crippen LogP contribution in [-0.4, -0.2) is 37.2 Å². The SMILES string of the molecule is CC/C=C\C/C=C\C/C=C\CCCCCCCCCC(=O)OCC(COC(=O)CCCCCCCCCCC)OC(=O)CCCCCCC/C=C\CCCCCCCCC. The summed E-state index contributed by atoms with van der Waals surface area (Å²) in [4.78, 5) is 37.9. The molecule has 1 unspecified atom stereocenters. The van der Waals surface area contributed by atoms with Crippen molar-refractivity contribution in [2.24, 2.45) is 0 Å². The first kappa shape index (κ1) is 57.4. The highest BCUT2D eigenvalue weighted by Crippen LogP contribution is 2.15. The minimum absolute atomic E-state index is 0.0778. The summed E-state index contributed by atoms with van der Waals surface area (Å²) in [5, 5.41) is 0. The fraction of sp³-hybridized carbons (Fsp3) is 0.796. The highest BCUT2D eigenvalue weighted by atomic mass is 16.6. The third-order valence-electron chi connectivity index (χ3n) is 11.1. The Labute approximate surface area is 371 Å². The van der Waals surface area contributed by atoms with Gasteiger partial charge in [-0.1, -0.05) is 211 Å². The monoisotopic (exact) mass is 841 g/mol. The Morgan fingerprint density at radius 1 is 0.350 bits per heavy atom. The lowest BCUT2D eigenvalue weighted by Gasteiger charge is -2.18. The molecular formula is C54H96O6. The number of ether oxygens (including phenoxy) is 3. The van der Waals surface area contributed by atoms with Gasteiger partial charge in [0.05, 0.1) is 0 Å². The quantitative estimate of drug-likeness (QED) is 0.0263. The summed E-state index contributed by atoms with van der Waals surface area (Å²) < 4.78 is 16.8. The second-order valence-electron chi connectivity index (χ2n) is 17.1. The molecule has 0 bridgehead atoms. The number of hydrogen-bond donors (Lipinski definition) is 0. The molecule has 0 spiro atoms. The van der Waals surface area contributed by atoms with Crippen LogP contribution in [0.15, 0.2) is 48.6 Å². The van der Waals surface area contributed by atoms with Crippen molar-refractivity contribution in [1.29, 1.82) is 0 Å². The molecule has 0 saturated heterocycles. The third kappa shape index (κ3) is 46.4. The molecule has 0 aliphatic rings. The average molecular weight is 841 g/mol. The molecule has 0 radical (unpaired) electrons. The van der Waals surface area contributed by atoms with Gasteiger partial charge in [-0.25, -0.2) is 0 Å². The first-order valence-corrected chi connectivity index (χ1v) is 25.6. The molecule has 0 saturated carbocycles. The van der Waals surface area contributed by atoms with Crippen LogP contribution in [0.25, 0.3) is 0 Å². The van der Waals surface area contributed by atoms with Gasteiger partial charge in [0.15, 0.2) is 6.10 Å². The predicted octanol–water partition coefficient (Wildman–Crippen LogP) is 16.7. The molecule has 0 fully saturated rings. The maximum Gasteiger partial charge on any atom is 0.306 e. The van der Waals surface area contributed by atoms with E-state index in [0.29, 0.717) is 19.3 Å². The summed E-state index contributed by atoms with van der Waals surface area (Å²) in [6, 6.07) is 0. The van der Waals surface area contributed by atoms with Crippen LogP contribution in [0.4, 0.5) is 0 Å². The van der Waals surface area contributed by atoms with E-state index < -0.39 is 6.10 Å². The van der Waals surface area contributed by atoms with Gasteiger partial charge in [0.2, 0.25) is 0 Å².